The van der Waals surface area contributed by atoms with Crippen molar-refractivity contribution in [3.63, 3.8) is 0 Å². The summed E-state index contributed by atoms with van der Waals surface area (Å²) >= 11 is 0. The van der Waals surface area contributed by atoms with Gasteiger partial charge in [-0.3, -0.25) is 4.98 Å². The second-order valence-corrected chi connectivity index (χ2v) is 8.14. The zero-order valence-electron chi connectivity index (χ0n) is 17.5. The number of aromatic amines is 1. The van der Waals surface area contributed by atoms with Crippen molar-refractivity contribution >= 4 is 12.1 Å². The average molecular weight is 419 g/mol. The van der Waals surface area contributed by atoms with E-state index in [-0.39, 0.29) is 24.3 Å². The number of H-pyrrole nitrogens is 1. The molecule has 1 aliphatic rings. The van der Waals surface area contributed by atoms with Gasteiger partial charge in [-0.25, -0.2) is 14.0 Å². The highest BCUT2D eigenvalue weighted by molar-refractivity contribution is 5.89. The minimum absolute atomic E-state index is 0.193. The molecule has 0 unspecified atom stereocenters. The van der Waals surface area contributed by atoms with Crippen molar-refractivity contribution in [1.29, 1.82) is 0 Å². The van der Waals surface area contributed by atoms with E-state index in [1.54, 1.807) is 11.0 Å². The molecule has 162 valence electrons. The van der Waals surface area contributed by atoms with Gasteiger partial charge in [-0.2, -0.15) is 0 Å². The smallest absolute Gasteiger partial charge is 0.410 e. The first-order chi connectivity index (χ1) is 14.1. The third-order valence-electron chi connectivity index (χ3n) is 4.51. The van der Waals surface area contributed by atoms with Crippen LogP contribution in [0.5, 0.6) is 5.75 Å². The number of likely N-dealkylation sites (tertiary alicyclic amines) is 1. The lowest BCUT2D eigenvalue weighted by Crippen LogP contribution is -2.36. The maximum atomic E-state index is 14.5. The summed E-state index contributed by atoms with van der Waals surface area (Å²) in [5.41, 5.74) is 0.667. The number of carbonyl (C=O) groups excluding carboxylic acids is 2. The molecule has 8 nitrogen and oxygen atoms in total. The van der Waals surface area contributed by atoms with Gasteiger partial charge in [0.25, 0.3) is 0 Å². The molecule has 30 heavy (non-hydrogen) atoms. The third-order valence-corrected chi connectivity index (χ3v) is 4.51. The molecule has 0 aliphatic carbocycles. The Hall–Kier alpha value is -3.10. The van der Waals surface area contributed by atoms with Gasteiger partial charge in [-0.1, -0.05) is 0 Å². The Morgan fingerprint density at radius 1 is 1.33 bits per heavy atom. The molecule has 2 aromatic rings. The molecule has 1 aliphatic heterocycles. The van der Waals surface area contributed by atoms with Gasteiger partial charge in [0.1, 0.15) is 23.3 Å². The van der Waals surface area contributed by atoms with Gasteiger partial charge in [0.05, 0.1) is 31.1 Å². The molecule has 1 fully saturated rings. The highest BCUT2D eigenvalue weighted by atomic mass is 19.1. The molecule has 3 rings (SSSR count). The maximum absolute atomic E-state index is 14.5. The van der Waals surface area contributed by atoms with Crippen molar-refractivity contribution in [1.82, 2.24) is 14.9 Å². The Bertz CT molecular complexity index is 922. The maximum Gasteiger partial charge on any atom is 0.410 e. The van der Waals surface area contributed by atoms with Crippen LogP contribution in [0.4, 0.5) is 9.18 Å². The Balaban J connectivity index is 1.57. The highest BCUT2D eigenvalue weighted by Crippen LogP contribution is 2.22. The number of ether oxygens (including phenoxy) is 3. The average Bonchev–Trinajstić information content (AvgIpc) is 3.32. The lowest BCUT2D eigenvalue weighted by molar-refractivity contribution is 0.0275. The quantitative estimate of drug-likeness (QED) is 0.748. The number of amides is 1. The fourth-order valence-corrected chi connectivity index (χ4v) is 3.11. The van der Waals surface area contributed by atoms with E-state index in [1.807, 2.05) is 20.8 Å². The van der Waals surface area contributed by atoms with Gasteiger partial charge < -0.3 is 24.1 Å². The monoisotopic (exact) mass is 419 g/mol. The molecule has 1 N–H and O–H groups in total. The van der Waals surface area contributed by atoms with Crippen LogP contribution in [0.25, 0.3) is 0 Å². The molecule has 0 spiro atoms. The topological polar surface area (TPSA) is 93.8 Å². The number of pyridine rings is 1. The number of carbonyl (C=O) groups is 2. The van der Waals surface area contributed by atoms with Crippen molar-refractivity contribution in [3.05, 3.63) is 47.3 Å². The summed E-state index contributed by atoms with van der Waals surface area (Å²) in [6.45, 7) is 6.33. The number of rotatable bonds is 5. The van der Waals surface area contributed by atoms with Crippen LogP contribution in [0, 0.1) is 5.82 Å². The Morgan fingerprint density at radius 2 is 2.10 bits per heavy atom. The first-order valence-electron chi connectivity index (χ1n) is 9.69. The normalized spacial score (nSPS) is 16.4. The van der Waals surface area contributed by atoms with Crippen molar-refractivity contribution in [2.75, 3.05) is 20.2 Å². The van der Waals surface area contributed by atoms with E-state index >= 15 is 0 Å². The molecular weight excluding hydrogens is 393 g/mol. The molecule has 1 saturated heterocycles. The van der Waals surface area contributed by atoms with Crippen LogP contribution >= 0.6 is 0 Å². The van der Waals surface area contributed by atoms with Crippen LogP contribution < -0.4 is 4.74 Å². The van der Waals surface area contributed by atoms with Gasteiger partial charge in [-0.05, 0) is 26.8 Å². The highest BCUT2D eigenvalue weighted by Gasteiger charge is 2.31. The van der Waals surface area contributed by atoms with Crippen LogP contribution in [0.2, 0.25) is 0 Å². The van der Waals surface area contributed by atoms with E-state index in [4.69, 9.17) is 9.47 Å². The largest absolute Gasteiger partial charge is 0.487 e. The van der Waals surface area contributed by atoms with Crippen molar-refractivity contribution in [2.24, 2.45) is 0 Å². The van der Waals surface area contributed by atoms with Crippen molar-refractivity contribution in [2.45, 2.75) is 45.3 Å². The van der Waals surface area contributed by atoms with E-state index in [0.29, 0.717) is 36.5 Å². The fraction of sp³-hybridized carbons (Fsp3) is 0.476. The van der Waals surface area contributed by atoms with E-state index in [1.165, 1.54) is 25.6 Å². The van der Waals surface area contributed by atoms with Crippen LogP contribution in [0.1, 0.15) is 48.9 Å². The van der Waals surface area contributed by atoms with Gasteiger partial charge >= 0.3 is 12.1 Å². The number of esters is 1. The second kappa shape index (κ2) is 8.73. The Kier molecular flexibility index (Phi) is 6.28. The zero-order chi connectivity index (χ0) is 21.9. The molecule has 1 atom stereocenters. The van der Waals surface area contributed by atoms with Crippen LogP contribution in [-0.4, -0.2) is 58.8 Å². The molecule has 0 bridgehead atoms. The zero-order valence-corrected chi connectivity index (χ0v) is 17.5. The lowest BCUT2D eigenvalue weighted by atomic mass is 10.2. The summed E-state index contributed by atoms with van der Waals surface area (Å²) < 4.78 is 30.3. The Morgan fingerprint density at radius 3 is 2.77 bits per heavy atom. The van der Waals surface area contributed by atoms with Crippen LogP contribution in [0.15, 0.2) is 24.5 Å². The first kappa shape index (κ1) is 21.6. The number of nitrogens with zero attached hydrogens (tertiary/aromatic N) is 2. The van der Waals surface area contributed by atoms with E-state index < -0.39 is 17.4 Å². The number of hydrogen-bond acceptors (Lipinski definition) is 6. The number of aromatic nitrogens is 2. The summed E-state index contributed by atoms with van der Waals surface area (Å²) in [4.78, 5) is 32.3. The molecule has 9 heteroatoms. The van der Waals surface area contributed by atoms with Gasteiger partial charge in [0, 0.05) is 37.3 Å². The fourth-order valence-electron chi connectivity index (χ4n) is 3.11. The summed E-state index contributed by atoms with van der Waals surface area (Å²) in [5, 5.41) is 0. The standard InChI is InChI=1S/C21H26FN3O5/c1-21(2,3)30-20(27)25-6-5-15(12-25)29-16-9-17(22)18(24-11-16)8-14-7-13(10-23-14)19(26)28-4/h7,9-11,15,23H,5-6,8,12H2,1-4H3/t15-/m0/s1. The SMILES string of the molecule is COC(=O)c1c[nH]c(Cc2ncc(O[C@H]3CCN(C(=O)OC(C)(C)C)C3)cc2F)c1. The lowest BCUT2D eigenvalue weighted by Gasteiger charge is -2.24. The second-order valence-electron chi connectivity index (χ2n) is 8.14. The number of nitrogens with one attached hydrogen (secondary N) is 1. The van der Waals surface area contributed by atoms with Crippen molar-refractivity contribution < 1.29 is 28.2 Å². The molecule has 1 amide bonds. The summed E-state index contributed by atoms with van der Waals surface area (Å²) in [6, 6.07) is 2.88. The number of halogens is 1. The predicted octanol–water partition coefficient (Wildman–Crippen LogP) is 3.31. The number of hydrogen-bond donors (Lipinski definition) is 1. The van der Waals surface area contributed by atoms with Crippen molar-refractivity contribution in [3.8, 4) is 5.75 Å². The summed E-state index contributed by atoms with van der Waals surface area (Å²) in [5.74, 6) is -0.676. The van der Waals surface area contributed by atoms with Gasteiger partial charge in [0.2, 0.25) is 0 Å². The predicted molar refractivity (Wildman–Crippen MR) is 106 cm³/mol. The van der Waals surface area contributed by atoms with Gasteiger partial charge in [0.15, 0.2) is 0 Å². The third kappa shape index (κ3) is 5.49. The molecule has 3 heterocycles. The van der Waals surface area contributed by atoms with Gasteiger partial charge in [-0.15, -0.1) is 0 Å². The molecule has 0 radical (unpaired) electrons. The minimum atomic E-state index is -0.560. The molecular formula is C21H26FN3O5. The van der Waals surface area contributed by atoms with Crippen LogP contribution in [-0.2, 0) is 15.9 Å². The molecule has 0 saturated carbocycles. The summed E-state index contributed by atoms with van der Waals surface area (Å²) in [6.07, 6.45) is 3.15. The van der Waals surface area contributed by atoms with E-state index in [0.717, 1.165) is 0 Å². The first-order valence-corrected chi connectivity index (χ1v) is 9.69. The molecule has 0 aromatic carbocycles. The summed E-state index contributed by atoms with van der Waals surface area (Å²) in [7, 11) is 1.30. The Labute approximate surface area is 174 Å². The minimum Gasteiger partial charge on any atom is -0.487 e. The number of methoxy groups -OCH3 is 1. The van der Waals surface area contributed by atoms with E-state index in [2.05, 4.69) is 14.7 Å². The molecule has 2 aromatic heterocycles. The van der Waals surface area contributed by atoms with E-state index in [9.17, 15) is 14.0 Å². The van der Waals surface area contributed by atoms with Crippen LogP contribution in [0.3, 0.4) is 0 Å².